The van der Waals surface area contributed by atoms with Crippen LogP contribution >= 0.6 is 11.3 Å². The Hall–Kier alpha value is -3.07. The lowest BCUT2D eigenvalue weighted by Gasteiger charge is -2.11. The molecule has 0 radical (unpaired) electrons. The van der Waals surface area contributed by atoms with E-state index in [-0.39, 0.29) is 23.2 Å². The predicted octanol–water partition coefficient (Wildman–Crippen LogP) is 4.84. The van der Waals surface area contributed by atoms with Crippen molar-refractivity contribution in [2.24, 2.45) is 0 Å². The number of nitrogens with zero attached hydrogens (tertiary/aromatic N) is 1. The van der Waals surface area contributed by atoms with Crippen LogP contribution in [0.3, 0.4) is 0 Å². The minimum Gasteiger partial charge on any atom is -0.493 e. The SMILES string of the molecule is COc1ccc(CCNC(=O)c2sc(-c3ccc(F)cc3)nc2C)cc1OC(F)F. The van der Waals surface area contributed by atoms with Gasteiger partial charge in [-0.2, -0.15) is 8.78 Å². The van der Waals surface area contributed by atoms with Gasteiger partial charge in [-0.15, -0.1) is 11.3 Å². The van der Waals surface area contributed by atoms with Gasteiger partial charge < -0.3 is 14.8 Å². The summed E-state index contributed by atoms with van der Waals surface area (Å²) >= 11 is 1.22. The van der Waals surface area contributed by atoms with Crippen molar-refractivity contribution in [3.8, 4) is 22.1 Å². The summed E-state index contributed by atoms with van der Waals surface area (Å²) in [6.07, 6.45) is 0.415. The minimum atomic E-state index is -2.96. The molecular formula is C21H19F3N2O3S. The van der Waals surface area contributed by atoms with Crippen LogP contribution in [0.1, 0.15) is 20.9 Å². The highest BCUT2D eigenvalue weighted by Gasteiger charge is 2.16. The third-order valence-electron chi connectivity index (χ3n) is 4.24. The number of aromatic nitrogens is 1. The number of hydrogen-bond donors (Lipinski definition) is 1. The minimum absolute atomic E-state index is 0.0569. The van der Waals surface area contributed by atoms with Crippen LogP contribution in [0.4, 0.5) is 13.2 Å². The first-order chi connectivity index (χ1) is 14.4. The summed E-state index contributed by atoms with van der Waals surface area (Å²) in [5.41, 5.74) is 2.02. The monoisotopic (exact) mass is 436 g/mol. The third-order valence-corrected chi connectivity index (χ3v) is 5.44. The first kappa shape index (κ1) is 21.6. The average molecular weight is 436 g/mol. The molecule has 0 spiro atoms. The molecule has 1 heterocycles. The molecule has 0 atom stereocenters. The number of nitrogens with one attached hydrogen (secondary N) is 1. The molecular weight excluding hydrogens is 417 g/mol. The molecule has 5 nitrogen and oxygen atoms in total. The fourth-order valence-electron chi connectivity index (χ4n) is 2.79. The smallest absolute Gasteiger partial charge is 0.387 e. The number of benzene rings is 2. The Bertz CT molecular complexity index is 1020. The zero-order valence-electron chi connectivity index (χ0n) is 16.2. The standard InChI is InChI=1S/C21H19F3N2O3S/c1-12-18(30-20(26-12)14-4-6-15(22)7-5-14)19(27)25-10-9-13-3-8-16(28-2)17(11-13)29-21(23)24/h3-8,11,21H,9-10H2,1-2H3,(H,25,27). The van der Waals surface area contributed by atoms with Crippen LogP contribution in [0, 0.1) is 12.7 Å². The molecule has 0 fully saturated rings. The van der Waals surface area contributed by atoms with E-state index in [1.165, 1.54) is 42.7 Å². The van der Waals surface area contributed by atoms with Crippen molar-refractivity contribution < 1.29 is 27.4 Å². The fraction of sp³-hybridized carbons (Fsp3) is 0.238. The number of hydrogen-bond acceptors (Lipinski definition) is 5. The van der Waals surface area contributed by atoms with Crippen LogP contribution in [0.25, 0.3) is 10.6 Å². The van der Waals surface area contributed by atoms with Crippen molar-refractivity contribution in [2.45, 2.75) is 20.0 Å². The fourth-order valence-corrected chi connectivity index (χ4v) is 3.78. The van der Waals surface area contributed by atoms with Crippen molar-refractivity contribution in [1.29, 1.82) is 0 Å². The topological polar surface area (TPSA) is 60.5 Å². The van der Waals surface area contributed by atoms with Crippen molar-refractivity contribution in [3.05, 3.63) is 64.4 Å². The lowest BCUT2D eigenvalue weighted by Crippen LogP contribution is -2.25. The maximum Gasteiger partial charge on any atom is 0.387 e. The summed E-state index contributed by atoms with van der Waals surface area (Å²) in [6.45, 7) is -0.934. The number of halogens is 3. The van der Waals surface area contributed by atoms with Gasteiger partial charge in [0.25, 0.3) is 5.91 Å². The van der Waals surface area contributed by atoms with Gasteiger partial charge in [0.2, 0.25) is 0 Å². The van der Waals surface area contributed by atoms with E-state index in [9.17, 15) is 18.0 Å². The molecule has 9 heteroatoms. The Kier molecular flexibility index (Phi) is 6.94. The summed E-state index contributed by atoms with van der Waals surface area (Å²) in [6, 6.07) is 10.6. The van der Waals surface area contributed by atoms with Gasteiger partial charge in [-0.25, -0.2) is 9.37 Å². The molecule has 30 heavy (non-hydrogen) atoms. The van der Waals surface area contributed by atoms with Crippen LogP contribution in [-0.4, -0.2) is 31.2 Å². The largest absolute Gasteiger partial charge is 0.493 e. The second-order valence-corrected chi connectivity index (χ2v) is 7.31. The molecule has 0 unspecified atom stereocenters. The van der Waals surface area contributed by atoms with Crippen LogP contribution in [-0.2, 0) is 6.42 Å². The highest BCUT2D eigenvalue weighted by atomic mass is 32.1. The number of amides is 1. The third kappa shape index (κ3) is 5.29. The summed E-state index contributed by atoms with van der Waals surface area (Å²) in [5, 5.41) is 3.43. The number of carbonyl (C=O) groups is 1. The first-order valence-corrected chi connectivity index (χ1v) is 9.82. The Morgan fingerprint density at radius 2 is 1.90 bits per heavy atom. The quantitative estimate of drug-likeness (QED) is 0.549. The molecule has 0 aliphatic heterocycles. The van der Waals surface area contributed by atoms with Gasteiger partial charge in [0, 0.05) is 12.1 Å². The number of thiazole rings is 1. The maximum atomic E-state index is 13.1. The predicted molar refractivity (Wildman–Crippen MR) is 108 cm³/mol. The van der Waals surface area contributed by atoms with E-state index in [1.807, 2.05) is 0 Å². The molecule has 158 valence electrons. The van der Waals surface area contributed by atoms with Crippen molar-refractivity contribution in [2.75, 3.05) is 13.7 Å². The van der Waals surface area contributed by atoms with Crippen molar-refractivity contribution in [1.82, 2.24) is 10.3 Å². The number of rotatable bonds is 8. The first-order valence-electron chi connectivity index (χ1n) is 9.00. The van der Waals surface area contributed by atoms with Gasteiger partial charge in [-0.1, -0.05) is 6.07 Å². The number of alkyl halides is 2. The van der Waals surface area contributed by atoms with E-state index in [4.69, 9.17) is 4.74 Å². The van der Waals surface area contributed by atoms with E-state index < -0.39 is 6.61 Å². The summed E-state index contributed by atoms with van der Waals surface area (Å²) in [7, 11) is 1.37. The van der Waals surface area contributed by atoms with Crippen molar-refractivity contribution >= 4 is 17.2 Å². The van der Waals surface area contributed by atoms with Gasteiger partial charge in [0.15, 0.2) is 11.5 Å². The zero-order chi connectivity index (χ0) is 21.7. The zero-order valence-corrected chi connectivity index (χ0v) is 17.1. The van der Waals surface area contributed by atoms with Gasteiger partial charge in [-0.05, 0) is 55.3 Å². The Morgan fingerprint density at radius 3 is 2.57 bits per heavy atom. The summed E-state index contributed by atoms with van der Waals surface area (Å²) < 4.78 is 47.6. The molecule has 1 N–H and O–H groups in total. The molecule has 1 amide bonds. The van der Waals surface area contributed by atoms with Crippen molar-refractivity contribution in [3.63, 3.8) is 0 Å². The number of ether oxygens (including phenoxy) is 2. The maximum absolute atomic E-state index is 13.1. The van der Waals surface area contributed by atoms with Gasteiger partial charge >= 0.3 is 6.61 Å². The van der Waals surface area contributed by atoms with Crippen LogP contribution in [0.5, 0.6) is 11.5 Å². The van der Waals surface area contributed by atoms with E-state index >= 15 is 0 Å². The molecule has 0 saturated heterocycles. The number of carbonyl (C=O) groups excluding carboxylic acids is 1. The molecule has 0 bridgehead atoms. The van der Waals surface area contributed by atoms with Crippen LogP contribution in [0.15, 0.2) is 42.5 Å². The van der Waals surface area contributed by atoms with Gasteiger partial charge in [-0.3, -0.25) is 4.79 Å². The van der Waals surface area contributed by atoms with E-state index in [1.54, 1.807) is 25.1 Å². The normalized spacial score (nSPS) is 10.9. The summed E-state index contributed by atoms with van der Waals surface area (Å²) in [5.74, 6) is -0.475. The Labute approximate surface area is 175 Å². The lowest BCUT2D eigenvalue weighted by molar-refractivity contribution is -0.0512. The van der Waals surface area contributed by atoms with E-state index in [0.29, 0.717) is 34.1 Å². The Morgan fingerprint density at radius 1 is 1.17 bits per heavy atom. The van der Waals surface area contributed by atoms with Gasteiger partial charge in [0.1, 0.15) is 15.7 Å². The second-order valence-electron chi connectivity index (χ2n) is 6.31. The van der Waals surface area contributed by atoms with Gasteiger partial charge in [0.05, 0.1) is 12.8 Å². The Balaban J connectivity index is 1.63. The summed E-state index contributed by atoms with van der Waals surface area (Å²) in [4.78, 5) is 17.4. The average Bonchev–Trinajstić information content (AvgIpc) is 3.10. The van der Waals surface area contributed by atoms with E-state index in [0.717, 1.165) is 5.56 Å². The van der Waals surface area contributed by atoms with Crippen LogP contribution in [0.2, 0.25) is 0 Å². The molecule has 0 aliphatic rings. The number of aryl methyl sites for hydroxylation is 1. The van der Waals surface area contributed by atoms with Crippen LogP contribution < -0.4 is 14.8 Å². The number of methoxy groups -OCH3 is 1. The molecule has 0 aliphatic carbocycles. The lowest BCUT2D eigenvalue weighted by atomic mass is 10.1. The molecule has 3 rings (SSSR count). The highest BCUT2D eigenvalue weighted by Crippen LogP contribution is 2.30. The van der Waals surface area contributed by atoms with E-state index in [2.05, 4.69) is 15.0 Å². The molecule has 3 aromatic rings. The second kappa shape index (κ2) is 9.62. The molecule has 0 saturated carbocycles. The highest BCUT2D eigenvalue weighted by molar-refractivity contribution is 7.17. The molecule has 1 aromatic heterocycles. The molecule has 2 aromatic carbocycles.